The monoisotopic (exact) mass is 354 g/mol. The first kappa shape index (κ1) is 16.2. The molecule has 3 heterocycles. The largest absolute Gasteiger partial charge is 0.454 e. The molecule has 4 rings (SSSR count). The number of nitrogens with one attached hydrogen (secondary N) is 1. The molecular weight excluding hydrogens is 336 g/mol. The molecule has 1 aromatic heterocycles. The van der Waals surface area contributed by atoms with Crippen LogP contribution in [0.2, 0.25) is 0 Å². The van der Waals surface area contributed by atoms with Gasteiger partial charge in [0.15, 0.2) is 11.5 Å². The molecule has 2 amide bonds. The van der Waals surface area contributed by atoms with Crippen molar-refractivity contribution in [1.82, 2.24) is 14.8 Å². The van der Waals surface area contributed by atoms with Crippen molar-refractivity contribution in [3.8, 4) is 11.5 Å². The van der Waals surface area contributed by atoms with Crippen molar-refractivity contribution in [1.29, 1.82) is 0 Å². The zero-order valence-electron chi connectivity index (χ0n) is 14.1. The minimum absolute atomic E-state index is 0.0858. The van der Waals surface area contributed by atoms with Crippen molar-refractivity contribution in [2.24, 2.45) is 0 Å². The Bertz CT molecular complexity index is 834. The molecule has 2 aliphatic heterocycles. The van der Waals surface area contributed by atoms with Gasteiger partial charge in [-0.05, 0) is 18.2 Å². The number of carbonyl (C=O) groups is 2. The molecule has 1 N–H and O–H groups in total. The number of fused-ring (bicyclic) bond motifs is 1. The number of nitrogens with zero attached hydrogens (tertiary/aromatic N) is 3. The second-order valence-corrected chi connectivity index (χ2v) is 6.09. The van der Waals surface area contributed by atoms with Crippen molar-refractivity contribution < 1.29 is 19.1 Å². The Hall–Kier alpha value is -3.29. The zero-order chi connectivity index (χ0) is 17.9. The van der Waals surface area contributed by atoms with Crippen LogP contribution < -0.4 is 14.8 Å². The van der Waals surface area contributed by atoms with E-state index in [0.717, 1.165) is 12.1 Å². The molecule has 0 spiro atoms. The molecular formula is C18H18N4O4. The van der Waals surface area contributed by atoms with Crippen LogP contribution in [0.25, 0.3) is 0 Å². The summed E-state index contributed by atoms with van der Waals surface area (Å²) in [6.45, 7) is 2.38. The van der Waals surface area contributed by atoms with Gasteiger partial charge in [-0.25, -0.2) is 0 Å². The van der Waals surface area contributed by atoms with Crippen LogP contribution in [0.15, 0.2) is 36.7 Å². The minimum atomic E-state index is -0.0858. The highest BCUT2D eigenvalue weighted by Crippen LogP contribution is 2.35. The number of amides is 2. The summed E-state index contributed by atoms with van der Waals surface area (Å²) >= 11 is 0. The molecule has 8 nitrogen and oxygen atoms in total. The lowest BCUT2D eigenvalue weighted by Gasteiger charge is -2.32. The molecule has 0 atom stereocenters. The Kier molecular flexibility index (Phi) is 4.30. The molecule has 0 saturated carbocycles. The van der Waals surface area contributed by atoms with E-state index in [-0.39, 0.29) is 12.7 Å². The summed E-state index contributed by atoms with van der Waals surface area (Å²) in [7, 11) is 0. The summed E-state index contributed by atoms with van der Waals surface area (Å²) in [6, 6.07) is 7.32. The van der Waals surface area contributed by atoms with E-state index in [1.807, 2.05) is 18.2 Å². The molecule has 26 heavy (non-hydrogen) atoms. The average molecular weight is 354 g/mol. The Balaban J connectivity index is 1.46. The van der Waals surface area contributed by atoms with Crippen molar-refractivity contribution in [2.45, 2.75) is 0 Å². The molecule has 2 aliphatic rings. The fourth-order valence-electron chi connectivity index (χ4n) is 2.98. The van der Waals surface area contributed by atoms with Gasteiger partial charge in [-0.3, -0.25) is 14.6 Å². The number of hydrogen-bond acceptors (Lipinski definition) is 6. The molecule has 1 aromatic carbocycles. The van der Waals surface area contributed by atoms with Crippen molar-refractivity contribution in [3.05, 3.63) is 42.2 Å². The molecule has 0 aliphatic carbocycles. The van der Waals surface area contributed by atoms with E-state index < -0.39 is 0 Å². The molecule has 0 unspecified atom stereocenters. The number of rotatable bonds is 4. The first-order valence-corrected chi connectivity index (χ1v) is 8.33. The molecule has 8 heteroatoms. The van der Waals surface area contributed by atoms with Crippen LogP contribution in [0.3, 0.4) is 0 Å². The lowest BCUT2D eigenvalue weighted by molar-refractivity contribution is -0.119. The Labute approximate surface area is 150 Å². The van der Waals surface area contributed by atoms with E-state index in [9.17, 15) is 9.59 Å². The predicted octanol–water partition coefficient (Wildman–Crippen LogP) is 1.47. The minimum Gasteiger partial charge on any atom is -0.454 e. The number of hydrogen-bond donors (Lipinski definition) is 1. The normalized spacial score (nSPS) is 15.7. The SMILES string of the molecule is O=CN1CCN(C(=O)c2cncc(Nc3ccc4c(c3)OCO4)c2)CC1. The highest BCUT2D eigenvalue weighted by Gasteiger charge is 2.22. The van der Waals surface area contributed by atoms with Gasteiger partial charge in [0.25, 0.3) is 5.91 Å². The summed E-state index contributed by atoms with van der Waals surface area (Å²) in [5, 5.41) is 3.22. The van der Waals surface area contributed by atoms with E-state index in [1.54, 1.807) is 28.3 Å². The molecule has 1 saturated heterocycles. The topological polar surface area (TPSA) is 84.0 Å². The van der Waals surface area contributed by atoms with Crippen LogP contribution in [0.1, 0.15) is 10.4 Å². The van der Waals surface area contributed by atoms with Crippen LogP contribution in [0.5, 0.6) is 11.5 Å². The van der Waals surface area contributed by atoms with E-state index in [1.165, 1.54) is 0 Å². The first-order chi connectivity index (χ1) is 12.7. The van der Waals surface area contributed by atoms with Crippen LogP contribution in [-0.4, -0.2) is 60.1 Å². The van der Waals surface area contributed by atoms with Gasteiger partial charge in [-0.2, -0.15) is 0 Å². The van der Waals surface area contributed by atoms with Gasteiger partial charge in [0.05, 0.1) is 17.4 Å². The van der Waals surface area contributed by atoms with Crippen molar-refractivity contribution in [3.63, 3.8) is 0 Å². The third-order valence-electron chi connectivity index (χ3n) is 4.40. The first-order valence-electron chi connectivity index (χ1n) is 8.33. The number of ether oxygens (including phenoxy) is 2. The number of carbonyl (C=O) groups excluding carboxylic acids is 2. The highest BCUT2D eigenvalue weighted by atomic mass is 16.7. The van der Waals surface area contributed by atoms with Crippen LogP contribution in [-0.2, 0) is 4.79 Å². The standard InChI is InChI=1S/C18H18N4O4/c23-11-21-3-5-22(6-4-21)18(24)13-7-15(10-19-9-13)20-14-1-2-16-17(8-14)26-12-25-16/h1-2,7-11,20H,3-6,12H2. The summed E-state index contributed by atoms with van der Waals surface area (Å²) < 4.78 is 10.7. The maximum Gasteiger partial charge on any atom is 0.255 e. The van der Waals surface area contributed by atoms with Gasteiger partial charge in [0.2, 0.25) is 13.2 Å². The fourth-order valence-corrected chi connectivity index (χ4v) is 2.98. The van der Waals surface area contributed by atoms with Crippen molar-refractivity contribution in [2.75, 3.05) is 38.3 Å². The molecule has 0 radical (unpaired) electrons. The average Bonchev–Trinajstić information content (AvgIpc) is 3.15. The summed E-state index contributed by atoms with van der Waals surface area (Å²) in [4.78, 5) is 31.0. The van der Waals surface area contributed by atoms with E-state index >= 15 is 0 Å². The molecule has 134 valence electrons. The Morgan fingerprint density at radius 1 is 1.04 bits per heavy atom. The number of benzene rings is 1. The summed E-state index contributed by atoms with van der Waals surface area (Å²) in [5.74, 6) is 1.31. The van der Waals surface area contributed by atoms with Crippen LogP contribution in [0.4, 0.5) is 11.4 Å². The van der Waals surface area contributed by atoms with Gasteiger partial charge in [0.1, 0.15) is 0 Å². The third-order valence-corrected chi connectivity index (χ3v) is 4.40. The molecule has 2 aromatic rings. The molecule has 0 bridgehead atoms. The maximum atomic E-state index is 12.7. The van der Waals surface area contributed by atoms with Crippen LogP contribution >= 0.6 is 0 Å². The molecule has 1 fully saturated rings. The zero-order valence-corrected chi connectivity index (χ0v) is 14.1. The second-order valence-electron chi connectivity index (χ2n) is 6.09. The smallest absolute Gasteiger partial charge is 0.255 e. The van der Waals surface area contributed by atoms with Gasteiger partial charge in [-0.1, -0.05) is 0 Å². The number of anilines is 2. The lowest BCUT2D eigenvalue weighted by Crippen LogP contribution is -2.48. The van der Waals surface area contributed by atoms with Gasteiger partial charge >= 0.3 is 0 Å². The van der Waals surface area contributed by atoms with Crippen molar-refractivity contribution >= 4 is 23.7 Å². The summed E-state index contributed by atoms with van der Waals surface area (Å²) in [5.41, 5.74) is 2.04. The van der Waals surface area contributed by atoms with E-state index in [0.29, 0.717) is 48.9 Å². The fraction of sp³-hybridized carbons (Fsp3) is 0.278. The lowest BCUT2D eigenvalue weighted by atomic mass is 10.2. The number of aromatic nitrogens is 1. The second kappa shape index (κ2) is 6.91. The van der Waals surface area contributed by atoms with Gasteiger partial charge in [-0.15, -0.1) is 0 Å². The summed E-state index contributed by atoms with van der Waals surface area (Å²) in [6.07, 6.45) is 4.03. The Morgan fingerprint density at radius 2 is 1.85 bits per heavy atom. The number of pyridine rings is 1. The third kappa shape index (κ3) is 3.26. The van der Waals surface area contributed by atoms with Gasteiger partial charge < -0.3 is 24.6 Å². The van der Waals surface area contributed by atoms with Gasteiger partial charge in [0, 0.05) is 44.1 Å². The quantitative estimate of drug-likeness (QED) is 0.837. The highest BCUT2D eigenvalue weighted by molar-refractivity contribution is 5.95. The van der Waals surface area contributed by atoms with E-state index in [2.05, 4.69) is 10.3 Å². The number of piperazine rings is 1. The predicted molar refractivity (Wildman–Crippen MR) is 93.6 cm³/mol. The van der Waals surface area contributed by atoms with E-state index in [4.69, 9.17) is 9.47 Å². The Morgan fingerprint density at radius 3 is 2.65 bits per heavy atom. The maximum absolute atomic E-state index is 12.7. The van der Waals surface area contributed by atoms with Crippen LogP contribution in [0, 0.1) is 0 Å².